The Morgan fingerprint density at radius 2 is 1.44 bits per heavy atom. The summed E-state index contributed by atoms with van der Waals surface area (Å²) in [5.41, 5.74) is 9.89. The number of H-pyrrole nitrogens is 1. The summed E-state index contributed by atoms with van der Waals surface area (Å²) in [5, 5.41) is 1.32. The van der Waals surface area contributed by atoms with Crippen molar-refractivity contribution in [2.45, 2.75) is 13.0 Å². The van der Waals surface area contributed by atoms with Crippen molar-refractivity contribution in [1.29, 1.82) is 0 Å². The number of benzene rings is 3. The summed E-state index contributed by atoms with van der Waals surface area (Å²) in [7, 11) is 3.40. The molecule has 0 unspecified atom stereocenters. The van der Waals surface area contributed by atoms with Gasteiger partial charge in [-0.1, -0.05) is 30.3 Å². The predicted molar refractivity (Wildman–Crippen MR) is 129 cm³/mol. The molecule has 0 spiro atoms. The fourth-order valence-corrected chi connectivity index (χ4v) is 4.93. The van der Waals surface area contributed by atoms with Gasteiger partial charge in [0, 0.05) is 28.7 Å². The molecule has 1 aliphatic rings. The number of nitrogens with one attached hydrogen (secondary N) is 1. The quantitative estimate of drug-likeness (QED) is 0.358. The van der Waals surface area contributed by atoms with E-state index in [1.165, 1.54) is 50.2 Å². The molecule has 4 nitrogen and oxygen atoms in total. The minimum atomic E-state index is 0.864. The predicted octanol–water partition coefficient (Wildman–Crippen LogP) is 6.54. The topological polar surface area (TPSA) is 39.2 Å². The first-order chi connectivity index (χ1) is 15.8. The number of para-hydroxylation sites is 1. The number of aromatic amines is 1. The maximum atomic E-state index is 5.39. The average molecular weight is 421 g/mol. The molecule has 4 heteroatoms. The van der Waals surface area contributed by atoms with Crippen molar-refractivity contribution in [3.8, 4) is 45.3 Å². The standard InChI is InChI=1S/C28H24N2O2/c1-31-20-11-7-18(8-12-20)24-17-26(19-9-13-21(32-2)14-10-19)30-16-15-23-22-5-3-4-6-25(22)29-27(23)28(24)30/h3-14,17,29H,15-16H2,1-2H3. The molecule has 3 heterocycles. The highest BCUT2D eigenvalue weighted by Crippen LogP contribution is 2.44. The molecule has 5 aromatic rings. The molecule has 158 valence electrons. The van der Waals surface area contributed by atoms with Crippen LogP contribution >= 0.6 is 0 Å². The molecule has 6 rings (SSSR count). The Labute approximate surface area is 187 Å². The number of aromatic nitrogens is 2. The van der Waals surface area contributed by atoms with Crippen LogP contribution in [0.2, 0.25) is 0 Å². The van der Waals surface area contributed by atoms with Crippen molar-refractivity contribution < 1.29 is 9.47 Å². The van der Waals surface area contributed by atoms with Gasteiger partial charge in [0.1, 0.15) is 11.5 Å². The number of methoxy groups -OCH3 is 2. The summed E-state index contributed by atoms with van der Waals surface area (Å²) >= 11 is 0. The van der Waals surface area contributed by atoms with E-state index in [1.807, 2.05) is 24.3 Å². The lowest BCUT2D eigenvalue weighted by molar-refractivity contribution is 0.415. The van der Waals surface area contributed by atoms with Crippen LogP contribution in [0.1, 0.15) is 5.56 Å². The fraction of sp³-hybridized carbons (Fsp3) is 0.143. The third kappa shape index (κ3) is 2.83. The van der Waals surface area contributed by atoms with Crippen molar-refractivity contribution >= 4 is 10.9 Å². The van der Waals surface area contributed by atoms with Gasteiger partial charge in [0.2, 0.25) is 0 Å². The summed E-state index contributed by atoms with van der Waals surface area (Å²) in [6, 6.07) is 27.6. The average Bonchev–Trinajstić information content (AvgIpc) is 3.43. The van der Waals surface area contributed by atoms with Crippen molar-refractivity contribution in [1.82, 2.24) is 9.55 Å². The molecule has 0 amide bonds. The van der Waals surface area contributed by atoms with Crippen LogP contribution < -0.4 is 9.47 Å². The van der Waals surface area contributed by atoms with E-state index in [0.717, 1.165) is 24.5 Å². The highest BCUT2D eigenvalue weighted by atomic mass is 16.5. The van der Waals surface area contributed by atoms with E-state index in [2.05, 4.69) is 64.1 Å². The van der Waals surface area contributed by atoms with Crippen molar-refractivity contribution in [3.63, 3.8) is 0 Å². The Balaban J connectivity index is 1.60. The van der Waals surface area contributed by atoms with Gasteiger partial charge in [-0.2, -0.15) is 0 Å². The van der Waals surface area contributed by atoms with E-state index in [1.54, 1.807) is 14.2 Å². The molecule has 3 aromatic carbocycles. The molecular weight excluding hydrogens is 396 g/mol. The zero-order chi connectivity index (χ0) is 21.7. The van der Waals surface area contributed by atoms with Crippen LogP contribution in [0.5, 0.6) is 11.5 Å². The first-order valence-electron chi connectivity index (χ1n) is 10.9. The van der Waals surface area contributed by atoms with E-state index in [9.17, 15) is 0 Å². The smallest absolute Gasteiger partial charge is 0.118 e. The van der Waals surface area contributed by atoms with E-state index in [0.29, 0.717) is 0 Å². The summed E-state index contributed by atoms with van der Waals surface area (Å²) in [6.45, 7) is 0.946. The minimum Gasteiger partial charge on any atom is -0.497 e. The summed E-state index contributed by atoms with van der Waals surface area (Å²) in [5.74, 6) is 1.73. The van der Waals surface area contributed by atoms with Gasteiger partial charge in [-0.05, 0) is 71.6 Å². The summed E-state index contributed by atoms with van der Waals surface area (Å²) in [6.07, 6.45) is 1.01. The lowest BCUT2D eigenvalue weighted by atomic mass is 9.98. The fourth-order valence-electron chi connectivity index (χ4n) is 4.93. The second kappa shape index (κ2) is 7.34. The summed E-state index contributed by atoms with van der Waals surface area (Å²) < 4.78 is 13.2. The van der Waals surface area contributed by atoms with Crippen LogP contribution in [0.4, 0.5) is 0 Å². The number of hydrogen-bond acceptors (Lipinski definition) is 2. The zero-order valence-corrected chi connectivity index (χ0v) is 18.2. The van der Waals surface area contributed by atoms with Crippen LogP contribution in [0.15, 0.2) is 78.9 Å². The number of rotatable bonds is 4. The lowest BCUT2D eigenvalue weighted by Gasteiger charge is -2.20. The third-order valence-corrected chi connectivity index (χ3v) is 6.52. The SMILES string of the molecule is COc1ccc(-c2cc(-c3ccc(OC)cc3)n3c2-c2[nH]c4ccccc4c2CC3)cc1. The first-order valence-corrected chi connectivity index (χ1v) is 10.9. The van der Waals surface area contributed by atoms with Crippen LogP contribution in [0.3, 0.4) is 0 Å². The van der Waals surface area contributed by atoms with Gasteiger partial charge >= 0.3 is 0 Å². The molecule has 32 heavy (non-hydrogen) atoms. The Morgan fingerprint density at radius 1 is 0.781 bits per heavy atom. The third-order valence-electron chi connectivity index (χ3n) is 6.52. The molecule has 0 saturated heterocycles. The largest absolute Gasteiger partial charge is 0.497 e. The Kier molecular flexibility index (Phi) is 4.32. The number of hydrogen-bond donors (Lipinski definition) is 1. The molecule has 0 saturated carbocycles. The number of ether oxygens (including phenoxy) is 2. The summed E-state index contributed by atoms with van der Waals surface area (Å²) in [4.78, 5) is 3.72. The highest BCUT2D eigenvalue weighted by Gasteiger charge is 2.27. The van der Waals surface area contributed by atoms with Gasteiger partial charge in [0.05, 0.1) is 25.6 Å². The van der Waals surface area contributed by atoms with Crippen LogP contribution in [0.25, 0.3) is 44.7 Å². The maximum Gasteiger partial charge on any atom is 0.118 e. The van der Waals surface area contributed by atoms with Crippen molar-refractivity contribution in [3.05, 3.63) is 84.4 Å². The Morgan fingerprint density at radius 3 is 2.12 bits per heavy atom. The van der Waals surface area contributed by atoms with E-state index in [4.69, 9.17) is 9.47 Å². The normalized spacial score (nSPS) is 12.4. The van der Waals surface area contributed by atoms with Crippen molar-refractivity contribution in [2.24, 2.45) is 0 Å². The van der Waals surface area contributed by atoms with Crippen LogP contribution in [-0.4, -0.2) is 23.8 Å². The maximum absolute atomic E-state index is 5.39. The lowest BCUT2D eigenvalue weighted by Crippen LogP contribution is -2.11. The monoisotopic (exact) mass is 420 g/mol. The van der Waals surface area contributed by atoms with Crippen LogP contribution in [0, 0.1) is 0 Å². The van der Waals surface area contributed by atoms with E-state index >= 15 is 0 Å². The van der Waals surface area contributed by atoms with Gasteiger partial charge < -0.3 is 19.0 Å². The molecular formula is C28H24N2O2. The van der Waals surface area contributed by atoms with E-state index < -0.39 is 0 Å². The number of aryl methyl sites for hydroxylation is 1. The van der Waals surface area contributed by atoms with Crippen LogP contribution in [-0.2, 0) is 13.0 Å². The van der Waals surface area contributed by atoms with Gasteiger partial charge in [-0.15, -0.1) is 0 Å². The highest BCUT2D eigenvalue weighted by molar-refractivity contribution is 5.96. The molecule has 0 fully saturated rings. The Bertz CT molecular complexity index is 1420. The first kappa shape index (κ1) is 18.8. The van der Waals surface area contributed by atoms with Gasteiger partial charge in [0.25, 0.3) is 0 Å². The number of nitrogens with zero attached hydrogens (tertiary/aromatic N) is 1. The van der Waals surface area contributed by atoms with E-state index in [-0.39, 0.29) is 0 Å². The van der Waals surface area contributed by atoms with Crippen molar-refractivity contribution in [2.75, 3.05) is 14.2 Å². The van der Waals surface area contributed by atoms with Gasteiger partial charge in [0.15, 0.2) is 0 Å². The minimum absolute atomic E-state index is 0.864. The van der Waals surface area contributed by atoms with Gasteiger partial charge in [-0.3, -0.25) is 0 Å². The number of fused-ring (bicyclic) bond motifs is 5. The molecule has 0 atom stereocenters. The molecule has 0 radical (unpaired) electrons. The zero-order valence-electron chi connectivity index (χ0n) is 18.2. The van der Waals surface area contributed by atoms with Gasteiger partial charge in [-0.25, -0.2) is 0 Å². The molecule has 0 aliphatic carbocycles. The second-order valence-electron chi connectivity index (χ2n) is 8.17. The Hall–Kier alpha value is -3.92. The molecule has 2 aromatic heterocycles. The molecule has 0 bridgehead atoms. The second-order valence-corrected chi connectivity index (χ2v) is 8.17. The molecule has 1 N–H and O–H groups in total. The molecule has 1 aliphatic heterocycles.